The SMILES string of the molecule is Cc1cscc1C(N)c1ccc2c(c1)NC(=O)CO2. The van der Waals surface area contributed by atoms with Crippen LogP contribution in [0.15, 0.2) is 29.0 Å². The summed E-state index contributed by atoms with van der Waals surface area (Å²) >= 11 is 1.64. The first-order valence-corrected chi connectivity index (χ1v) is 6.94. The lowest BCUT2D eigenvalue weighted by molar-refractivity contribution is -0.118. The monoisotopic (exact) mass is 274 g/mol. The van der Waals surface area contributed by atoms with Crippen molar-refractivity contribution in [3.8, 4) is 5.75 Å². The molecule has 0 fully saturated rings. The van der Waals surface area contributed by atoms with E-state index in [1.165, 1.54) is 5.56 Å². The zero-order valence-corrected chi connectivity index (χ0v) is 11.3. The molecule has 19 heavy (non-hydrogen) atoms. The van der Waals surface area contributed by atoms with Gasteiger partial charge in [0.05, 0.1) is 11.7 Å². The van der Waals surface area contributed by atoms with Crippen molar-refractivity contribution in [1.29, 1.82) is 0 Å². The predicted molar refractivity (Wildman–Crippen MR) is 75.7 cm³/mol. The molecule has 0 bridgehead atoms. The summed E-state index contributed by atoms with van der Waals surface area (Å²) in [5, 5.41) is 6.94. The number of hydrogen-bond donors (Lipinski definition) is 2. The van der Waals surface area contributed by atoms with E-state index in [4.69, 9.17) is 10.5 Å². The van der Waals surface area contributed by atoms with Crippen LogP contribution in [0.2, 0.25) is 0 Å². The highest BCUT2D eigenvalue weighted by molar-refractivity contribution is 7.08. The van der Waals surface area contributed by atoms with Crippen LogP contribution in [-0.2, 0) is 4.79 Å². The molecule has 1 aromatic carbocycles. The summed E-state index contributed by atoms with van der Waals surface area (Å²) in [5.41, 5.74) is 10.2. The molecule has 0 saturated carbocycles. The van der Waals surface area contributed by atoms with E-state index < -0.39 is 0 Å². The molecule has 1 amide bonds. The Kier molecular flexibility index (Phi) is 3.00. The number of anilines is 1. The Labute approximate surface area is 115 Å². The smallest absolute Gasteiger partial charge is 0.262 e. The highest BCUT2D eigenvalue weighted by Gasteiger charge is 2.19. The summed E-state index contributed by atoms with van der Waals surface area (Å²) < 4.78 is 5.33. The third kappa shape index (κ3) is 2.22. The minimum atomic E-state index is -0.185. The summed E-state index contributed by atoms with van der Waals surface area (Å²) in [7, 11) is 0. The molecular formula is C14H14N2O2S. The molecule has 3 rings (SSSR count). The van der Waals surface area contributed by atoms with Crippen molar-refractivity contribution in [3.63, 3.8) is 0 Å². The lowest BCUT2D eigenvalue weighted by atomic mass is 9.98. The maximum Gasteiger partial charge on any atom is 0.262 e. The number of nitrogens with two attached hydrogens (primary N) is 1. The number of aryl methyl sites for hydroxylation is 1. The molecule has 5 heteroatoms. The van der Waals surface area contributed by atoms with Crippen LogP contribution in [-0.4, -0.2) is 12.5 Å². The van der Waals surface area contributed by atoms with Gasteiger partial charge in [-0.05, 0) is 46.5 Å². The number of benzene rings is 1. The van der Waals surface area contributed by atoms with Crippen LogP contribution in [0.5, 0.6) is 5.75 Å². The molecule has 1 unspecified atom stereocenters. The molecule has 0 spiro atoms. The molecule has 4 nitrogen and oxygen atoms in total. The second-order valence-corrected chi connectivity index (χ2v) is 5.32. The Hall–Kier alpha value is -1.85. The van der Waals surface area contributed by atoms with Crippen LogP contribution in [0.3, 0.4) is 0 Å². The predicted octanol–water partition coefficient (Wildman–Crippen LogP) is 2.44. The Morgan fingerprint density at radius 3 is 3.00 bits per heavy atom. The number of amides is 1. The number of thiophene rings is 1. The first kappa shape index (κ1) is 12.2. The molecule has 1 atom stereocenters. The number of nitrogens with one attached hydrogen (secondary N) is 1. The minimum Gasteiger partial charge on any atom is -0.482 e. The number of carbonyl (C=O) groups excluding carboxylic acids is 1. The topological polar surface area (TPSA) is 64.3 Å². The van der Waals surface area contributed by atoms with Crippen molar-refractivity contribution in [2.24, 2.45) is 5.73 Å². The van der Waals surface area contributed by atoms with Crippen molar-refractivity contribution in [2.75, 3.05) is 11.9 Å². The van der Waals surface area contributed by atoms with Gasteiger partial charge in [0.15, 0.2) is 6.61 Å². The number of fused-ring (bicyclic) bond motifs is 1. The van der Waals surface area contributed by atoms with Gasteiger partial charge in [-0.1, -0.05) is 6.07 Å². The van der Waals surface area contributed by atoms with Gasteiger partial charge in [0.2, 0.25) is 0 Å². The normalized spacial score (nSPS) is 15.4. The Bertz CT molecular complexity index is 636. The van der Waals surface area contributed by atoms with Crippen LogP contribution in [0.25, 0.3) is 0 Å². The highest BCUT2D eigenvalue weighted by atomic mass is 32.1. The van der Waals surface area contributed by atoms with Gasteiger partial charge in [0.25, 0.3) is 5.91 Å². The maximum atomic E-state index is 11.3. The third-order valence-corrected chi connectivity index (χ3v) is 4.11. The van der Waals surface area contributed by atoms with Crippen LogP contribution >= 0.6 is 11.3 Å². The first-order chi connectivity index (χ1) is 9.15. The van der Waals surface area contributed by atoms with Crippen molar-refractivity contribution in [3.05, 3.63) is 45.6 Å². The molecule has 3 N–H and O–H groups in total. The van der Waals surface area contributed by atoms with E-state index in [-0.39, 0.29) is 18.6 Å². The van der Waals surface area contributed by atoms with Crippen molar-refractivity contribution in [1.82, 2.24) is 0 Å². The van der Waals surface area contributed by atoms with E-state index in [2.05, 4.69) is 23.0 Å². The summed E-state index contributed by atoms with van der Waals surface area (Å²) in [4.78, 5) is 11.3. The molecular weight excluding hydrogens is 260 g/mol. The molecule has 98 valence electrons. The van der Waals surface area contributed by atoms with E-state index in [0.29, 0.717) is 11.4 Å². The standard InChI is InChI=1S/C14H14N2O2S/c1-8-6-19-7-10(8)14(15)9-2-3-12-11(4-9)16-13(17)5-18-12/h2-4,6-7,14H,5,15H2,1H3,(H,16,17). The molecule has 1 aliphatic heterocycles. The third-order valence-electron chi connectivity index (χ3n) is 3.23. The summed E-state index contributed by atoms with van der Waals surface area (Å²) in [6.45, 7) is 2.12. The molecule has 0 radical (unpaired) electrons. The van der Waals surface area contributed by atoms with Gasteiger partial charge in [-0.15, -0.1) is 0 Å². The molecule has 1 aliphatic rings. The van der Waals surface area contributed by atoms with Crippen molar-refractivity contribution >= 4 is 22.9 Å². The van der Waals surface area contributed by atoms with Crippen LogP contribution in [0.4, 0.5) is 5.69 Å². The average molecular weight is 274 g/mol. The van der Waals surface area contributed by atoms with Gasteiger partial charge in [0, 0.05) is 0 Å². The minimum absolute atomic E-state index is 0.0715. The largest absolute Gasteiger partial charge is 0.482 e. The molecule has 1 aromatic heterocycles. The fraction of sp³-hybridized carbons (Fsp3) is 0.214. The Balaban J connectivity index is 1.96. The first-order valence-electron chi connectivity index (χ1n) is 6.00. The number of rotatable bonds is 2. The lowest BCUT2D eigenvalue weighted by Gasteiger charge is -2.20. The molecule has 2 aromatic rings. The van der Waals surface area contributed by atoms with Gasteiger partial charge in [-0.2, -0.15) is 11.3 Å². The summed E-state index contributed by atoms with van der Waals surface area (Å²) in [5.74, 6) is 0.558. The lowest BCUT2D eigenvalue weighted by Crippen LogP contribution is -2.25. The fourth-order valence-corrected chi connectivity index (χ4v) is 3.05. The molecule has 2 heterocycles. The molecule has 0 aliphatic carbocycles. The van der Waals surface area contributed by atoms with Gasteiger partial charge < -0.3 is 15.8 Å². The van der Waals surface area contributed by atoms with E-state index in [1.807, 2.05) is 18.2 Å². The van der Waals surface area contributed by atoms with Crippen molar-refractivity contribution < 1.29 is 9.53 Å². The Morgan fingerprint density at radius 2 is 2.26 bits per heavy atom. The maximum absolute atomic E-state index is 11.3. The van der Waals surface area contributed by atoms with Crippen LogP contribution < -0.4 is 15.8 Å². The number of hydrogen-bond acceptors (Lipinski definition) is 4. The van der Waals surface area contributed by atoms with Gasteiger partial charge in [-0.3, -0.25) is 4.79 Å². The van der Waals surface area contributed by atoms with E-state index in [0.717, 1.165) is 11.1 Å². The number of ether oxygens (including phenoxy) is 1. The van der Waals surface area contributed by atoms with Crippen molar-refractivity contribution in [2.45, 2.75) is 13.0 Å². The second-order valence-electron chi connectivity index (χ2n) is 4.58. The fourth-order valence-electron chi connectivity index (χ4n) is 2.16. The summed E-state index contributed by atoms with van der Waals surface area (Å²) in [6, 6.07) is 5.49. The van der Waals surface area contributed by atoms with Gasteiger partial charge in [-0.25, -0.2) is 0 Å². The summed E-state index contributed by atoms with van der Waals surface area (Å²) in [6.07, 6.45) is 0. The zero-order chi connectivity index (χ0) is 13.4. The van der Waals surface area contributed by atoms with Gasteiger partial charge in [0.1, 0.15) is 5.75 Å². The Morgan fingerprint density at radius 1 is 1.42 bits per heavy atom. The zero-order valence-electron chi connectivity index (χ0n) is 10.5. The van der Waals surface area contributed by atoms with E-state index >= 15 is 0 Å². The van der Waals surface area contributed by atoms with Crippen LogP contribution in [0, 0.1) is 6.92 Å². The highest BCUT2D eigenvalue weighted by Crippen LogP contribution is 2.33. The van der Waals surface area contributed by atoms with Gasteiger partial charge >= 0.3 is 0 Å². The second kappa shape index (κ2) is 4.68. The average Bonchev–Trinajstić information content (AvgIpc) is 2.83. The van der Waals surface area contributed by atoms with Crippen LogP contribution in [0.1, 0.15) is 22.7 Å². The number of carbonyl (C=O) groups is 1. The molecule has 0 saturated heterocycles. The van der Waals surface area contributed by atoms with E-state index in [9.17, 15) is 4.79 Å². The quantitative estimate of drug-likeness (QED) is 0.884. The van der Waals surface area contributed by atoms with E-state index in [1.54, 1.807) is 11.3 Å².